The highest BCUT2D eigenvalue weighted by molar-refractivity contribution is 5.13. The van der Waals surface area contributed by atoms with Crippen molar-refractivity contribution in [3.05, 3.63) is 35.9 Å². The fraction of sp³-hybridized carbons (Fsp3) is 0.400. The Morgan fingerprint density at radius 2 is 1.91 bits per heavy atom. The number of benzene rings is 1. The van der Waals surface area contributed by atoms with Gasteiger partial charge in [-0.15, -0.1) is 0 Å². The lowest BCUT2D eigenvalue weighted by molar-refractivity contribution is 0.462. The van der Waals surface area contributed by atoms with E-state index in [0.29, 0.717) is 6.42 Å². The zero-order valence-electron chi connectivity index (χ0n) is 6.52. The van der Waals surface area contributed by atoms with Crippen molar-refractivity contribution in [2.24, 2.45) is 0 Å². The van der Waals surface area contributed by atoms with E-state index in [9.17, 15) is 4.39 Å². The van der Waals surface area contributed by atoms with E-state index in [4.69, 9.17) is 0 Å². The summed E-state index contributed by atoms with van der Waals surface area (Å²) in [6, 6.07) is 10.8. The van der Waals surface area contributed by atoms with Crippen LogP contribution in [-0.4, -0.2) is 6.67 Å². The van der Waals surface area contributed by atoms with Crippen LogP contribution in [0.3, 0.4) is 0 Å². The summed E-state index contributed by atoms with van der Waals surface area (Å²) < 4.78 is 11.7. The average molecular weight is 151 g/mol. The number of unbranched alkanes of at least 4 members (excludes halogenated alkanes) is 1. The molecule has 1 radical (unpaired) electrons. The van der Waals surface area contributed by atoms with Crippen LogP contribution >= 0.6 is 0 Å². The highest BCUT2D eigenvalue weighted by Crippen LogP contribution is 2.03. The summed E-state index contributed by atoms with van der Waals surface area (Å²) in [6.07, 6.45) is 2.61. The number of hydrogen-bond acceptors (Lipinski definition) is 0. The van der Waals surface area contributed by atoms with E-state index in [1.807, 2.05) is 24.3 Å². The molecule has 0 saturated carbocycles. The lowest BCUT2D eigenvalue weighted by Gasteiger charge is -1.97. The molecule has 0 heterocycles. The first-order valence-electron chi connectivity index (χ1n) is 3.94. The molecule has 0 aliphatic carbocycles. The van der Waals surface area contributed by atoms with Crippen LogP contribution in [0.2, 0.25) is 0 Å². The lowest BCUT2D eigenvalue weighted by Crippen LogP contribution is -1.85. The van der Waals surface area contributed by atoms with Gasteiger partial charge in [0.15, 0.2) is 0 Å². The second-order valence-corrected chi connectivity index (χ2v) is 2.55. The highest BCUT2D eigenvalue weighted by Gasteiger charge is 1.90. The van der Waals surface area contributed by atoms with Crippen LogP contribution in [-0.2, 0) is 6.42 Å². The molecule has 59 valence electrons. The van der Waals surface area contributed by atoms with Gasteiger partial charge in [0.05, 0.1) is 6.67 Å². The Hall–Kier alpha value is -0.850. The minimum Gasteiger partial charge on any atom is -0.251 e. The predicted molar refractivity (Wildman–Crippen MR) is 44.2 cm³/mol. The van der Waals surface area contributed by atoms with Gasteiger partial charge in [0.25, 0.3) is 0 Å². The molecule has 0 saturated heterocycles. The van der Waals surface area contributed by atoms with Gasteiger partial charge in [-0.2, -0.15) is 0 Å². The molecule has 1 rings (SSSR count). The Balaban J connectivity index is 2.28. The largest absolute Gasteiger partial charge is 0.251 e. The van der Waals surface area contributed by atoms with Crippen LogP contribution in [0, 0.1) is 6.07 Å². The molecule has 0 bridgehead atoms. The second kappa shape index (κ2) is 4.89. The SMILES string of the molecule is FCCCCc1cc[c]cc1. The zero-order chi connectivity index (χ0) is 7.94. The van der Waals surface area contributed by atoms with Crippen molar-refractivity contribution in [2.45, 2.75) is 19.3 Å². The summed E-state index contributed by atoms with van der Waals surface area (Å²) in [5.41, 5.74) is 1.28. The molecule has 0 N–H and O–H groups in total. The van der Waals surface area contributed by atoms with Crippen molar-refractivity contribution >= 4 is 0 Å². The molecule has 1 heteroatoms. The smallest absolute Gasteiger partial charge is 0.0894 e. The quantitative estimate of drug-likeness (QED) is 0.580. The number of aryl methyl sites for hydroxylation is 1. The van der Waals surface area contributed by atoms with Gasteiger partial charge in [-0.1, -0.05) is 24.3 Å². The van der Waals surface area contributed by atoms with Crippen molar-refractivity contribution < 1.29 is 4.39 Å². The van der Waals surface area contributed by atoms with Crippen molar-refractivity contribution in [1.29, 1.82) is 0 Å². The minimum absolute atomic E-state index is 0.195. The molecule has 0 nitrogen and oxygen atoms in total. The van der Waals surface area contributed by atoms with Gasteiger partial charge in [-0.3, -0.25) is 4.39 Å². The van der Waals surface area contributed by atoms with Crippen LogP contribution < -0.4 is 0 Å². The second-order valence-electron chi connectivity index (χ2n) is 2.55. The molecule has 0 aromatic heterocycles. The van der Waals surface area contributed by atoms with Crippen molar-refractivity contribution in [1.82, 2.24) is 0 Å². The van der Waals surface area contributed by atoms with Crippen LogP contribution in [0.4, 0.5) is 4.39 Å². The standard InChI is InChI=1S/C10H12F/c11-9-5-4-8-10-6-2-1-3-7-10/h2-3,6-7H,4-5,8-9H2. The summed E-state index contributed by atoms with van der Waals surface area (Å²) in [4.78, 5) is 0. The summed E-state index contributed by atoms with van der Waals surface area (Å²) in [5, 5.41) is 0. The molecule has 0 spiro atoms. The number of halogens is 1. The van der Waals surface area contributed by atoms with Crippen molar-refractivity contribution in [3.8, 4) is 0 Å². The highest BCUT2D eigenvalue weighted by atomic mass is 19.1. The van der Waals surface area contributed by atoms with E-state index in [0.717, 1.165) is 12.8 Å². The van der Waals surface area contributed by atoms with Gasteiger partial charge in [-0.25, -0.2) is 0 Å². The predicted octanol–water partition coefficient (Wildman–Crippen LogP) is 2.78. The van der Waals surface area contributed by atoms with Gasteiger partial charge >= 0.3 is 0 Å². The van der Waals surface area contributed by atoms with Crippen LogP contribution in [0.15, 0.2) is 24.3 Å². The van der Waals surface area contributed by atoms with E-state index < -0.39 is 0 Å². The first kappa shape index (κ1) is 8.25. The van der Waals surface area contributed by atoms with Gasteiger partial charge in [0, 0.05) is 0 Å². The van der Waals surface area contributed by atoms with Gasteiger partial charge in [-0.05, 0) is 30.9 Å². The summed E-state index contributed by atoms with van der Waals surface area (Å²) >= 11 is 0. The van der Waals surface area contributed by atoms with Crippen LogP contribution in [0.1, 0.15) is 18.4 Å². The zero-order valence-corrected chi connectivity index (χ0v) is 6.52. The maximum absolute atomic E-state index is 11.7. The summed E-state index contributed by atoms with van der Waals surface area (Å²) in [5.74, 6) is 0. The fourth-order valence-electron chi connectivity index (χ4n) is 1.01. The Morgan fingerprint density at radius 3 is 2.55 bits per heavy atom. The van der Waals surface area contributed by atoms with Gasteiger partial charge < -0.3 is 0 Å². The van der Waals surface area contributed by atoms with Gasteiger partial charge in [0.2, 0.25) is 0 Å². The normalized spacial score (nSPS) is 9.91. The molecule has 11 heavy (non-hydrogen) atoms. The average Bonchev–Trinajstić information content (AvgIpc) is 2.07. The summed E-state index contributed by atoms with van der Waals surface area (Å²) in [6.45, 7) is -0.195. The Morgan fingerprint density at radius 1 is 1.18 bits per heavy atom. The summed E-state index contributed by atoms with van der Waals surface area (Å²) in [7, 11) is 0. The molecule has 0 amide bonds. The van der Waals surface area contributed by atoms with Crippen molar-refractivity contribution in [3.63, 3.8) is 0 Å². The molecule has 1 aromatic carbocycles. The van der Waals surface area contributed by atoms with Gasteiger partial charge in [0.1, 0.15) is 0 Å². The van der Waals surface area contributed by atoms with E-state index >= 15 is 0 Å². The fourth-order valence-corrected chi connectivity index (χ4v) is 1.01. The third kappa shape index (κ3) is 3.17. The number of alkyl halides is 1. The van der Waals surface area contributed by atoms with E-state index in [1.165, 1.54) is 5.56 Å². The molecule has 0 fully saturated rings. The number of hydrogen-bond donors (Lipinski definition) is 0. The molecule has 0 unspecified atom stereocenters. The van der Waals surface area contributed by atoms with E-state index in [2.05, 4.69) is 6.07 Å². The Bertz CT molecular complexity index is 181. The first-order chi connectivity index (χ1) is 5.43. The van der Waals surface area contributed by atoms with Crippen LogP contribution in [0.5, 0.6) is 0 Å². The molecule has 0 atom stereocenters. The minimum atomic E-state index is -0.195. The first-order valence-corrected chi connectivity index (χ1v) is 3.94. The maximum Gasteiger partial charge on any atom is 0.0894 e. The van der Waals surface area contributed by atoms with Crippen LogP contribution in [0.25, 0.3) is 0 Å². The third-order valence-electron chi connectivity index (χ3n) is 1.64. The molecule has 1 aromatic rings. The molecular formula is C10H12F. The monoisotopic (exact) mass is 151 g/mol. The maximum atomic E-state index is 11.7. The Kier molecular flexibility index (Phi) is 3.67. The third-order valence-corrected chi connectivity index (χ3v) is 1.64. The van der Waals surface area contributed by atoms with E-state index in [-0.39, 0.29) is 6.67 Å². The Labute approximate surface area is 67.1 Å². The number of rotatable bonds is 4. The molecular weight excluding hydrogens is 139 g/mol. The molecule has 0 aliphatic rings. The van der Waals surface area contributed by atoms with Crippen molar-refractivity contribution in [2.75, 3.05) is 6.67 Å². The molecule has 0 aliphatic heterocycles. The lowest BCUT2D eigenvalue weighted by atomic mass is 10.1. The van der Waals surface area contributed by atoms with E-state index in [1.54, 1.807) is 0 Å². The topological polar surface area (TPSA) is 0 Å².